The summed E-state index contributed by atoms with van der Waals surface area (Å²) in [7, 11) is 0. The molecule has 1 unspecified atom stereocenters. The number of nitrogens with zero attached hydrogens (tertiary/aromatic N) is 4. The van der Waals surface area contributed by atoms with Crippen LogP contribution in [0.1, 0.15) is 49.5 Å². The van der Waals surface area contributed by atoms with Gasteiger partial charge in [-0.15, -0.1) is 11.3 Å². The Morgan fingerprint density at radius 1 is 1.13 bits per heavy atom. The Bertz CT molecular complexity index is 951. The maximum Gasteiger partial charge on any atom is 0.225 e. The molecule has 2 aromatic heterocycles. The molecule has 1 N–H and O–H groups in total. The molecule has 2 aliphatic heterocycles. The summed E-state index contributed by atoms with van der Waals surface area (Å²) in [5.41, 5.74) is 1.26. The van der Waals surface area contributed by atoms with Gasteiger partial charge in [0.2, 0.25) is 11.8 Å². The number of thiophene rings is 1. The Kier molecular flexibility index (Phi) is 6.74. The van der Waals surface area contributed by atoms with Gasteiger partial charge in [-0.2, -0.15) is 0 Å². The van der Waals surface area contributed by atoms with Crippen molar-refractivity contribution in [3.63, 3.8) is 0 Å². The first-order chi connectivity index (χ1) is 15.0. The minimum absolute atomic E-state index is 0.0383. The van der Waals surface area contributed by atoms with E-state index in [2.05, 4.69) is 41.0 Å². The maximum atomic E-state index is 13.2. The molecule has 0 aliphatic carbocycles. The average molecular weight is 444 g/mol. The van der Waals surface area contributed by atoms with Crippen LogP contribution < -0.4 is 10.2 Å². The summed E-state index contributed by atoms with van der Waals surface area (Å²) in [6.07, 6.45) is 6.03. The smallest absolute Gasteiger partial charge is 0.225 e. The molecule has 2 aromatic rings. The molecule has 168 valence electrons. The molecule has 4 heterocycles. The summed E-state index contributed by atoms with van der Waals surface area (Å²) >= 11 is 1.72. The van der Waals surface area contributed by atoms with E-state index in [1.165, 1.54) is 10.4 Å². The topological polar surface area (TPSA) is 78.4 Å². The van der Waals surface area contributed by atoms with E-state index in [1.54, 1.807) is 17.7 Å². The number of amides is 2. The van der Waals surface area contributed by atoms with Crippen LogP contribution in [-0.4, -0.2) is 59.4 Å². The zero-order chi connectivity index (χ0) is 22.0. The van der Waals surface area contributed by atoms with Crippen molar-refractivity contribution in [3.05, 3.63) is 16.8 Å². The molecule has 0 spiro atoms. The van der Waals surface area contributed by atoms with Gasteiger partial charge in [-0.25, -0.2) is 9.97 Å². The first-order valence-corrected chi connectivity index (χ1v) is 12.3. The van der Waals surface area contributed by atoms with E-state index in [9.17, 15) is 9.59 Å². The monoisotopic (exact) mass is 443 g/mol. The molecule has 1 atom stereocenters. The van der Waals surface area contributed by atoms with E-state index in [0.717, 1.165) is 67.8 Å². The Hall–Kier alpha value is -2.22. The van der Waals surface area contributed by atoms with Crippen molar-refractivity contribution in [2.45, 2.75) is 52.9 Å². The molecule has 2 aliphatic rings. The van der Waals surface area contributed by atoms with Crippen LogP contribution in [0.15, 0.2) is 6.33 Å². The largest absolute Gasteiger partial charge is 0.356 e. The second kappa shape index (κ2) is 9.51. The number of rotatable bonds is 5. The van der Waals surface area contributed by atoms with Gasteiger partial charge in [0.05, 0.1) is 11.3 Å². The van der Waals surface area contributed by atoms with Gasteiger partial charge in [0.15, 0.2) is 0 Å². The van der Waals surface area contributed by atoms with Crippen LogP contribution in [0, 0.1) is 25.7 Å². The lowest BCUT2D eigenvalue weighted by molar-refractivity contribution is -0.139. The Balaban J connectivity index is 1.38. The van der Waals surface area contributed by atoms with Gasteiger partial charge in [-0.1, -0.05) is 6.92 Å². The first kappa shape index (κ1) is 22.0. The Morgan fingerprint density at radius 2 is 1.90 bits per heavy atom. The second-order valence-electron chi connectivity index (χ2n) is 8.84. The number of likely N-dealkylation sites (tertiary alicyclic amines) is 1. The SMILES string of the molecule is CCCNC(=O)C1CCCN(C(=O)C2CCN(c3ncnc4sc(C)c(C)c34)CC2)C1. The molecular formula is C23H33N5O2S. The number of fused-ring (bicyclic) bond motifs is 1. The normalized spacial score (nSPS) is 20.3. The highest BCUT2D eigenvalue weighted by atomic mass is 32.1. The highest BCUT2D eigenvalue weighted by molar-refractivity contribution is 7.18. The van der Waals surface area contributed by atoms with Crippen molar-refractivity contribution in [1.82, 2.24) is 20.2 Å². The molecule has 7 nitrogen and oxygen atoms in total. The van der Waals surface area contributed by atoms with Gasteiger partial charge in [-0.05, 0) is 51.5 Å². The van der Waals surface area contributed by atoms with Crippen LogP contribution in [0.4, 0.5) is 5.82 Å². The molecule has 31 heavy (non-hydrogen) atoms. The number of hydrogen-bond acceptors (Lipinski definition) is 6. The lowest BCUT2D eigenvalue weighted by Crippen LogP contribution is -2.49. The maximum absolute atomic E-state index is 13.2. The minimum Gasteiger partial charge on any atom is -0.356 e. The fourth-order valence-electron chi connectivity index (χ4n) is 4.78. The van der Waals surface area contributed by atoms with E-state index in [-0.39, 0.29) is 23.7 Å². The lowest BCUT2D eigenvalue weighted by Gasteiger charge is -2.38. The summed E-state index contributed by atoms with van der Waals surface area (Å²) in [6, 6.07) is 0. The number of nitrogens with one attached hydrogen (secondary N) is 1. The van der Waals surface area contributed by atoms with Gasteiger partial charge in [-0.3, -0.25) is 9.59 Å². The molecule has 2 amide bonds. The van der Waals surface area contributed by atoms with Crippen LogP contribution in [0.2, 0.25) is 0 Å². The van der Waals surface area contributed by atoms with Crippen molar-refractivity contribution < 1.29 is 9.59 Å². The van der Waals surface area contributed by atoms with Gasteiger partial charge >= 0.3 is 0 Å². The molecular weight excluding hydrogens is 410 g/mol. The van der Waals surface area contributed by atoms with E-state index < -0.39 is 0 Å². The number of aryl methyl sites for hydroxylation is 2. The predicted octanol–water partition coefficient (Wildman–Crippen LogP) is 3.29. The van der Waals surface area contributed by atoms with E-state index in [0.29, 0.717) is 13.1 Å². The van der Waals surface area contributed by atoms with Gasteiger partial charge in [0, 0.05) is 43.5 Å². The van der Waals surface area contributed by atoms with Gasteiger partial charge < -0.3 is 15.1 Å². The summed E-state index contributed by atoms with van der Waals surface area (Å²) in [4.78, 5) is 41.2. The number of carbonyl (C=O) groups excluding carboxylic acids is 2. The van der Waals surface area contributed by atoms with Crippen LogP contribution >= 0.6 is 11.3 Å². The first-order valence-electron chi connectivity index (χ1n) is 11.5. The third kappa shape index (κ3) is 4.54. The van der Waals surface area contributed by atoms with Gasteiger partial charge in [0.1, 0.15) is 17.0 Å². The van der Waals surface area contributed by atoms with Crippen molar-refractivity contribution in [2.75, 3.05) is 37.6 Å². The third-order valence-corrected chi connectivity index (χ3v) is 7.86. The van der Waals surface area contributed by atoms with Crippen LogP contribution in [0.5, 0.6) is 0 Å². The fraction of sp³-hybridized carbons (Fsp3) is 0.652. The zero-order valence-electron chi connectivity index (χ0n) is 18.8. The fourth-order valence-corrected chi connectivity index (χ4v) is 5.78. The summed E-state index contributed by atoms with van der Waals surface area (Å²) in [6.45, 7) is 10.0. The number of aromatic nitrogens is 2. The highest BCUT2D eigenvalue weighted by Crippen LogP contribution is 2.36. The predicted molar refractivity (Wildman–Crippen MR) is 124 cm³/mol. The second-order valence-corrected chi connectivity index (χ2v) is 10.0. The standard InChI is InChI=1S/C23H33N5O2S/c1-4-9-24-21(29)18-6-5-10-28(13-18)23(30)17-7-11-27(12-8-17)20-19-15(2)16(3)31-22(19)26-14-25-20/h14,17-18H,4-13H2,1-3H3,(H,24,29). The van der Waals surface area contributed by atoms with E-state index in [4.69, 9.17) is 0 Å². The number of carbonyl (C=O) groups is 2. The van der Waals surface area contributed by atoms with Crippen molar-refractivity contribution in [3.8, 4) is 0 Å². The number of hydrogen-bond donors (Lipinski definition) is 1. The molecule has 2 saturated heterocycles. The minimum atomic E-state index is -0.0663. The number of anilines is 1. The molecule has 8 heteroatoms. The third-order valence-electron chi connectivity index (χ3n) is 6.74. The zero-order valence-corrected chi connectivity index (χ0v) is 19.6. The lowest BCUT2D eigenvalue weighted by atomic mass is 9.91. The summed E-state index contributed by atoms with van der Waals surface area (Å²) in [5.74, 6) is 1.30. The Morgan fingerprint density at radius 3 is 2.65 bits per heavy atom. The quantitative estimate of drug-likeness (QED) is 0.767. The van der Waals surface area contributed by atoms with Gasteiger partial charge in [0.25, 0.3) is 0 Å². The van der Waals surface area contributed by atoms with E-state index in [1.807, 2.05) is 4.90 Å². The van der Waals surface area contributed by atoms with Crippen molar-refractivity contribution in [1.29, 1.82) is 0 Å². The summed E-state index contributed by atoms with van der Waals surface area (Å²) in [5, 5.41) is 4.15. The van der Waals surface area contributed by atoms with Crippen LogP contribution in [0.25, 0.3) is 10.2 Å². The summed E-state index contributed by atoms with van der Waals surface area (Å²) < 4.78 is 0. The highest BCUT2D eigenvalue weighted by Gasteiger charge is 2.34. The van der Waals surface area contributed by atoms with Crippen molar-refractivity contribution in [2.24, 2.45) is 11.8 Å². The molecule has 4 rings (SSSR count). The molecule has 0 saturated carbocycles. The van der Waals surface area contributed by atoms with Crippen molar-refractivity contribution >= 4 is 39.2 Å². The van der Waals surface area contributed by atoms with E-state index >= 15 is 0 Å². The Labute approximate surface area is 188 Å². The number of piperidine rings is 2. The molecule has 0 bridgehead atoms. The molecule has 0 radical (unpaired) electrons. The molecule has 0 aromatic carbocycles. The average Bonchev–Trinajstić information content (AvgIpc) is 3.10. The van der Waals surface area contributed by atoms with Crippen LogP contribution in [0.3, 0.4) is 0 Å². The van der Waals surface area contributed by atoms with Crippen LogP contribution in [-0.2, 0) is 9.59 Å². The molecule has 2 fully saturated rings.